The van der Waals surface area contributed by atoms with Crippen LogP contribution in [-0.2, 0) is 16.0 Å². The van der Waals surface area contributed by atoms with E-state index in [1.165, 1.54) is 12.1 Å². The lowest BCUT2D eigenvalue weighted by atomic mass is 9.96. The molecule has 0 radical (unpaired) electrons. The highest BCUT2D eigenvalue weighted by molar-refractivity contribution is 5.95. The average Bonchev–Trinajstić information content (AvgIpc) is 2.69. The Labute approximate surface area is 157 Å². The molecule has 2 amide bonds. The van der Waals surface area contributed by atoms with E-state index in [2.05, 4.69) is 5.32 Å². The Kier molecular flexibility index (Phi) is 5.86. The molecular formula is C21H22N2O4. The summed E-state index contributed by atoms with van der Waals surface area (Å²) in [6.45, 7) is 1.04. The standard InChI is InChI=1S/C21H22N2O4/c24-19(12-15-6-2-1-3-7-15)23-11-5-9-17(14-23)20(25)22-18-10-4-8-16(13-18)21(26)27/h1-4,6-8,10,13,17H,5,9,11-12,14H2,(H,22,25)(H,26,27). The van der Waals surface area contributed by atoms with Gasteiger partial charge in [-0.25, -0.2) is 4.79 Å². The molecule has 1 fully saturated rings. The summed E-state index contributed by atoms with van der Waals surface area (Å²) in [6.07, 6.45) is 1.81. The second kappa shape index (κ2) is 8.49. The van der Waals surface area contributed by atoms with Gasteiger partial charge in [-0.1, -0.05) is 36.4 Å². The number of likely N-dealkylation sites (tertiary alicyclic amines) is 1. The van der Waals surface area contributed by atoms with E-state index in [-0.39, 0.29) is 23.3 Å². The van der Waals surface area contributed by atoms with Crippen LogP contribution in [-0.4, -0.2) is 40.9 Å². The zero-order valence-electron chi connectivity index (χ0n) is 14.9. The second-order valence-electron chi connectivity index (χ2n) is 6.72. The highest BCUT2D eigenvalue weighted by Gasteiger charge is 2.28. The number of carbonyl (C=O) groups is 3. The van der Waals surface area contributed by atoms with Crippen LogP contribution < -0.4 is 5.32 Å². The largest absolute Gasteiger partial charge is 0.478 e. The third-order valence-electron chi connectivity index (χ3n) is 4.72. The van der Waals surface area contributed by atoms with Crippen molar-refractivity contribution in [3.05, 3.63) is 65.7 Å². The molecule has 6 nitrogen and oxygen atoms in total. The summed E-state index contributed by atoms with van der Waals surface area (Å²) in [7, 11) is 0. The number of hydrogen-bond acceptors (Lipinski definition) is 3. The van der Waals surface area contributed by atoms with Crippen molar-refractivity contribution < 1.29 is 19.5 Å². The van der Waals surface area contributed by atoms with Gasteiger partial charge in [0.2, 0.25) is 11.8 Å². The first-order valence-electron chi connectivity index (χ1n) is 8.99. The number of amides is 2. The first kappa shape index (κ1) is 18.6. The van der Waals surface area contributed by atoms with Crippen LogP contribution in [0.2, 0.25) is 0 Å². The van der Waals surface area contributed by atoms with Gasteiger partial charge in [0, 0.05) is 18.8 Å². The summed E-state index contributed by atoms with van der Waals surface area (Å²) in [5.41, 5.74) is 1.53. The minimum absolute atomic E-state index is 0.0200. The molecule has 3 rings (SSSR count). The monoisotopic (exact) mass is 366 g/mol. The minimum atomic E-state index is -1.04. The summed E-state index contributed by atoms with van der Waals surface area (Å²) < 4.78 is 0. The Bertz CT molecular complexity index is 835. The number of piperidine rings is 1. The number of anilines is 1. The number of carboxylic acid groups (broad SMARTS) is 1. The molecular weight excluding hydrogens is 344 g/mol. The first-order chi connectivity index (χ1) is 13.0. The molecule has 1 atom stereocenters. The molecule has 0 aromatic heterocycles. The lowest BCUT2D eigenvalue weighted by molar-refractivity contribution is -0.133. The molecule has 0 bridgehead atoms. The van der Waals surface area contributed by atoms with Crippen LogP contribution in [0.15, 0.2) is 54.6 Å². The number of carbonyl (C=O) groups excluding carboxylic acids is 2. The van der Waals surface area contributed by atoms with Gasteiger partial charge in [-0.3, -0.25) is 9.59 Å². The number of nitrogens with zero attached hydrogens (tertiary/aromatic N) is 1. The van der Waals surface area contributed by atoms with Gasteiger partial charge in [-0.2, -0.15) is 0 Å². The zero-order chi connectivity index (χ0) is 19.2. The van der Waals surface area contributed by atoms with Crippen molar-refractivity contribution in [1.82, 2.24) is 4.90 Å². The molecule has 1 heterocycles. The molecule has 1 aliphatic rings. The zero-order valence-corrected chi connectivity index (χ0v) is 14.9. The molecule has 27 heavy (non-hydrogen) atoms. The van der Waals surface area contributed by atoms with Crippen LogP contribution in [0.3, 0.4) is 0 Å². The lowest BCUT2D eigenvalue weighted by Gasteiger charge is -2.32. The van der Waals surface area contributed by atoms with E-state index in [0.29, 0.717) is 31.6 Å². The highest BCUT2D eigenvalue weighted by Crippen LogP contribution is 2.20. The summed E-state index contributed by atoms with van der Waals surface area (Å²) in [5.74, 6) is -1.50. The fraction of sp³-hybridized carbons (Fsp3) is 0.286. The number of carboxylic acids is 1. The predicted molar refractivity (Wildman–Crippen MR) is 101 cm³/mol. The Morgan fingerprint density at radius 3 is 2.59 bits per heavy atom. The molecule has 0 spiro atoms. The van der Waals surface area contributed by atoms with Gasteiger partial charge in [-0.05, 0) is 36.6 Å². The summed E-state index contributed by atoms with van der Waals surface area (Å²) in [4.78, 5) is 37.9. The Hall–Kier alpha value is -3.15. The second-order valence-corrected chi connectivity index (χ2v) is 6.72. The molecule has 2 aromatic rings. The maximum atomic E-state index is 12.6. The van der Waals surface area contributed by atoms with Crippen LogP contribution in [0, 0.1) is 5.92 Å². The minimum Gasteiger partial charge on any atom is -0.478 e. The lowest BCUT2D eigenvalue weighted by Crippen LogP contribution is -2.44. The number of nitrogens with one attached hydrogen (secondary N) is 1. The van der Waals surface area contributed by atoms with Gasteiger partial charge >= 0.3 is 5.97 Å². The Balaban J connectivity index is 1.60. The van der Waals surface area contributed by atoms with Crippen LogP contribution >= 0.6 is 0 Å². The van der Waals surface area contributed by atoms with Crippen LogP contribution in [0.25, 0.3) is 0 Å². The summed E-state index contributed by atoms with van der Waals surface area (Å²) >= 11 is 0. The van der Waals surface area contributed by atoms with Gasteiger partial charge in [0.1, 0.15) is 0 Å². The smallest absolute Gasteiger partial charge is 0.335 e. The van der Waals surface area contributed by atoms with Gasteiger partial charge in [0.15, 0.2) is 0 Å². The van der Waals surface area contributed by atoms with E-state index in [0.717, 1.165) is 12.0 Å². The fourth-order valence-electron chi connectivity index (χ4n) is 3.27. The number of rotatable bonds is 5. The SMILES string of the molecule is O=C(O)c1cccc(NC(=O)C2CCCN(C(=O)Cc3ccccc3)C2)c1. The van der Waals surface area contributed by atoms with Crippen molar-refractivity contribution in [2.24, 2.45) is 5.92 Å². The molecule has 2 N–H and O–H groups in total. The van der Waals surface area contributed by atoms with Crippen molar-refractivity contribution in [2.75, 3.05) is 18.4 Å². The molecule has 1 unspecified atom stereocenters. The summed E-state index contributed by atoms with van der Waals surface area (Å²) in [6, 6.07) is 15.7. The van der Waals surface area contributed by atoms with Crippen LogP contribution in [0.1, 0.15) is 28.8 Å². The third-order valence-corrected chi connectivity index (χ3v) is 4.72. The van der Waals surface area contributed by atoms with E-state index in [9.17, 15) is 14.4 Å². The maximum Gasteiger partial charge on any atom is 0.335 e. The van der Waals surface area contributed by atoms with Crippen molar-refractivity contribution in [3.8, 4) is 0 Å². The number of hydrogen-bond donors (Lipinski definition) is 2. The Morgan fingerprint density at radius 1 is 1.07 bits per heavy atom. The maximum absolute atomic E-state index is 12.6. The molecule has 0 saturated carbocycles. The molecule has 1 aliphatic heterocycles. The molecule has 6 heteroatoms. The van der Waals surface area contributed by atoms with E-state index in [4.69, 9.17) is 5.11 Å². The summed E-state index contributed by atoms with van der Waals surface area (Å²) in [5, 5.41) is 11.8. The van der Waals surface area contributed by atoms with Crippen molar-refractivity contribution in [1.29, 1.82) is 0 Å². The Morgan fingerprint density at radius 2 is 1.85 bits per heavy atom. The van der Waals surface area contributed by atoms with E-state index < -0.39 is 5.97 Å². The van der Waals surface area contributed by atoms with E-state index >= 15 is 0 Å². The normalized spacial score (nSPS) is 16.6. The molecule has 0 aliphatic carbocycles. The highest BCUT2D eigenvalue weighted by atomic mass is 16.4. The van der Waals surface area contributed by atoms with Crippen molar-refractivity contribution >= 4 is 23.5 Å². The van der Waals surface area contributed by atoms with E-state index in [1.54, 1.807) is 17.0 Å². The fourth-order valence-corrected chi connectivity index (χ4v) is 3.27. The number of aromatic carboxylic acids is 1. The van der Waals surface area contributed by atoms with Gasteiger partial charge < -0.3 is 15.3 Å². The predicted octanol–water partition coefficient (Wildman–Crippen LogP) is 2.80. The van der Waals surface area contributed by atoms with Crippen molar-refractivity contribution in [3.63, 3.8) is 0 Å². The third kappa shape index (κ3) is 4.94. The quantitative estimate of drug-likeness (QED) is 0.852. The van der Waals surface area contributed by atoms with Crippen LogP contribution in [0.4, 0.5) is 5.69 Å². The molecule has 2 aromatic carbocycles. The first-order valence-corrected chi connectivity index (χ1v) is 8.99. The molecule has 1 saturated heterocycles. The average molecular weight is 366 g/mol. The van der Waals surface area contributed by atoms with Gasteiger partial charge in [0.05, 0.1) is 17.9 Å². The van der Waals surface area contributed by atoms with Crippen molar-refractivity contribution in [2.45, 2.75) is 19.3 Å². The topological polar surface area (TPSA) is 86.7 Å². The van der Waals surface area contributed by atoms with Gasteiger partial charge in [0.25, 0.3) is 0 Å². The van der Waals surface area contributed by atoms with Crippen LogP contribution in [0.5, 0.6) is 0 Å². The van der Waals surface area contributed by atoms with Gasteiger partial charge in [-0.15, -0.1) is 0 Å². The molecule has 140 valence electrons. The number of benzene rings is 2. The van der Waals surface area contributed by atoms with E-state index in [1.807, 2.05) is 30.3 Å².